The maximum Gasteiger partial charge on any atom is 0.335 e. The zero-order chi connectivity index (χ0) is 32.8. The van der Waals surface area contributed by atoms with E-state index in [2.05, 4.69) is 57.0 Å². The Bertz CT molecular complexity index is 1860. The topological polar surface area (TPSA) is 82.0 Å². The summed E-state index contributed by atoms with van der Waals surface area (Å²) < 4.78 is 13.4. The number of hydrogen-bond donors (Lipinski definition) is 2. The van der Waals surface area contributed by atoms with Crippen LogP contribution in [0, 0.1) is 5.82 Å². The maximum absolute atomic E-state index is 13.4. The van der Waals surface area contributed by atoms with Gasteiger partial charge in [-0.25, -0.2) is 14.2 Å². The van der Waals surface area contributed by atoms with Crippen molar-refractivity contribution in [2.45, 2.75) is 71.1 Å². The summed E-state index contributed by atoms with van der Waals surface area (Å²) in [5.74, 6) is -1.53. The third-order valence-electron chi connectivity index (χ3n) is 9.43. The number of carboxylic acid groups (broad SMARTS) is 1. The number of carboxylic acids is 1. The van der Waals surface area contributed by atoms with Gasteiger partial charge in [-0.05, 0) is 101 Å². The Morgan fingerprint density at radius 2 is 1.52 bits per heavy atom. The molecule has 0 aromatic heterocycles. The first-order valence-corrected chi connectivity index (χ1v) is 15.9. The van der Waals surface area contributed by atoms with Gasteiger partial charge in [-0.15, -0.1) is 0 Å². The number of carbonyl (C=O) groups excluding carboxylic acids is 1. The average Bonchev–Trinajstić information content (AvgIpc) is 3.14. The lowest BCUT2D eigenvalue weighted by Crippen LogP contribution is -2.35. The second-order valence-electron chi connectivity index (χ2n) is 13.7. The predicted octanol–water partition coefficient (Wildman–Crippen LogP) is 9.08. The molecule has 6 rings (SSSR count). The van der Waals surface area contributed by atoms with Crippen molar-refractivity contribution >= 4 is 40.3 Å². The molecule has 0 atom stereocenters. The molecule has 236 valence electrons. The van der Waals surface area contributed by atoms with E-state index in [1.807, 2.05) is 30.3 Å². The Hall–Kier alpha value is -4.78. The first kappa shape index (κ1) is 31.2. The van der Waals surface area contributed by atoms with Crippen molar-refractivity contribution < 1.29 is 19.1 Å². The van der Waals surface area contributed by atoms with Crippen LogP contribution < -0.4 is 10.2 Å². The van der Waals surface area contributed by atoms with Crippen LogP contribution >= 0.6 is 0 Å². The Kier molecular flexibility index (Phi) is 8.05. The summed E-state index contributed by atoms with van der Waals surface area (Å²) in [4.78, 5) is 32.3. The molecule has 2 aliphatic rings. The van der Waals surface area contributed by atoms with Crippen LogP contribution in [0.25, 0.3) is 0 Å². The van der Waals surface area contributed by atoms with Gasteiger partial charge in [0.05, 0.1) is 34.8 Å². The van der Waals surface area contributed by atoms with Crippen molar-refractivity contribution in [3.05, 3.63) is 118 Å². The third kappa shape index (κ3) is 5.94. The van der Waals surface area contributed by atoms with E-state index in [9.17, 15) is 19.1 Å². The summed E-state index contributed by atoms with van der Waals surface area (Å²) in [7, 11) is 0. The van der Waals surface area contributed by atoms with E-state index in [-0.39, 0.29) is 34.5 Å². The SMILES string of the molecule is CCCN1c2ccc(NC(=O)Cc3ccc(F)cc3)cc2N=C(c2ccc(C(=O)O)cc2)c2cc3c(cc21)C(C)(C)CCC3(C)C. The van der Waals surface area contributed by atoms with Gasteiger partial charge in [0.1, 0.15) is 5.82 Å². The van der Waals surface area contributed by atoms with E-state index in [0.29, 0.717) is 11.4 Å². The van der Waals surface area contributed by atoms with Crippen LogP contribution in [0.5, 0.6) is 0 Å². The number of rotatable bonds is 7. The van der Waals surface area contributed by atoms with Gasteiger partial charge in [0.25, 0.3) is 0 Å². The number of nitrogens with one attached hydrogen (secondary N) is 1. The number of benzene rings is 4. The molecular formula is C39H40FN3O3. The number of carbonyl (C=O) groups is 2. The molecule has 4 aromatic carbocycles. The highest BCUT2D eigenvalue weighted by molar-refractivity contribution is 6.19. The summed E-state index contributed by atoms with van der Waals surface area (Å²) in [5.41, 5.74) is 9.47. The molecule has 0 bridgehead atoms. The molecule has 1 amide bonds. The fraction of sp³-hybridized carbons (Fsp3) is 0.308. The number of fused-ring (bicyclic) bond motifs is 3. The lowest BCUT2D eigenvalue weighted by molar-refractivity contribution is -0.115. The summed E-state index contributed by atoms with van der Waals surface area (Å²) in [6.45, 7) is 12.2. The van der Waals surface area contributed by atoms with Gasteiger partial charge in [0, 0.05) is 23.4 Å². The molecule has 0 saturated carbocycles. The Morgan fingerprint density at radius 1 is 0.870 bits per heavy atom. The van der Waals surface area contributed by atoms with Crippen molar-refractivity contribution in [3.8, 4) is 0 Å². The molecule has 0 fully saturated rings. The fourth-order valence-corrected chi connectivity index (χ4v) is 6.69. The Labute approximate surface area is 270 Å². The van der Waals surface area contributed by atoms with E-state index >= 15 is 0 Å². The second-order valence-corrected chi connectivity index (χ2v) is 13.7. The van der Waals surface area contributed by atoms with Crippen molar-refractivity contribution in [1.82, 2.24) is 0 Å². The number of aliphatic imine (C=N–C) groups is 1. The molecular weight excluding hydrogens is 577 g/mol. The van der Waals surface area contributed by atoms with Crippen LogP contribution in [0.2, 0.25) is 0 Å². The van der Waals surface area contributed by atoms with E-state index < -0.39 is 5.97 Å². The quantitative estimate of drug-likeness (QED) is 0.217. The van der Waals surface area contributed by atoms with E-state index in [1.54, 1.807) is 24.3 Å². The van der Waals surface area contributed by atoms with Gasteiger partial charge in [-0.2, -0.15) is 0 Å². The number of anilines is 3. The molecule has 1 aliphatic carbocycles. The number of hydrogen-bond acceptors (Lipinski definition) is 4. The van der Waals surface area contributed by atoms with E-state index in [0.717, 1.165) is 59.6 Å². The van der Waals surface area contributed by atoms with Gasteiger partial charge in [0.2, 0.25) is 5.91 Å². The molecule has 4 aromatic rings. The second kappa shape index (κ2) is 11.9. The zero-order valence-corrected chi connectivity index (χ0v) is 27.1. The molecule has 0 radical (unpaired) electrons. The Balaban J connectivity index is 1.51. The van der Waals surface area contributed by atoms with Gasteiger partial charge in [0.15, 0.2) is 0 Å². The predicted molar refractivity (Wildman–Crippen MR) is 183 cm³/mol. The smallest absolute Gasteiger partial charge is 0.335 e. The molecule has 2 N–H and O–H groups in total. The summed E-state index contributed by atoms with van der Waals surface area (Å²) in [6.07, 6.45) is 3.19. The molecule has 46 heavy (non-hydrogen) atoms. The van der Waals surface area contributed by atoms with Crippen LogP contribution in [0.1, 0.15) is 92.1 Å². The molecule has 1 aliphatic heterocycles. The number of nitrogens with zero attached hydrogens (tertiary/aromatic N) is 2. The first-order valence-electron chi connectivity index (χ1n) is 15.9. The van der Waals surface area contributed by atoms with Gasteiger partial charge < -0.3 is 15.3 Å². The van der Waals surface area contributed by atoms with Gasteiger partial charge >= 0.3 is 5.97 Å². The molecule has 0 unspecified atom stereocenters. The summed E-state index contributed by atoms with van der Waals surface area (Å²) >= 11 is 0. The molecule has 1 heterocycles. The molecule has 6 nitrogen and oxygen atoms in total. The van der Waals surface area contributed by atoms with Gasteiger partial charge in [-0.3, -0.25) is 4.79 Å². The fourth-order valence-electron chi connectivity index (χ4n) is 6.69. The molecule has 7 heteroatoms. The van der Waals surface area contributed by atoms with Gasteiger partial charge in [-0.1, -0.05) is 58.9 Å². The van der Waals surface area contributed by atoms with Crippen LogP contribution in [0.4, 0.5) is 27.1 Å². The zero-order valence-electron chi connectivity index (χ0n) is 27.1. The summed E-state index contributed by atoms with van der Waals surface area (Å²) in [6, 6.07) is 23.3. The molecule has 0 saturated heterocycles. The van der Waals surface area contributed by atoms with Crippen LogP contribution in [-0.4, -0.2) is 29.2 Å². The minimum atomic E-state index is -0.978. The third-order valence-corrected chi connectivity index (χ3v) is 9.43. The van der Waals surface area contributed by atoms with Crippen molar-refractivity contribution in [2.24, 2.45) is 4.99 Å². The first-order chi connectivity index (χ1) is 21.9. The lowest BCUT2D eigenvalue weighted by Gasteiger charge is -2.43. The minimum absolute atomic E-state index is 0.00596. The van der Waals surface area contributed by atoms with E-state index in [4.69, 9.17) is 4.99 Å². The average molecular weight is 618 g/mol. The standard InChI is InChI=1S/C39H40FN3O3/c1-6-19-43-33-16-15-28(41-35(44)20-24-7-13-27(40)14-8-24)21-32(33)42-36(25-9-11-26(12-10-25)37(45)46)29-22-30-31(23-34(29)43)39(4,5)18-17-38(30,2)3/h7-16,21-23H,6,17-20H2,1-5H3,(H,41,44)(H,45,46). The monoisotopic (exact) mass is 617 g/mol. The van der Waals surface area contributed by atoms with E-state index in [1.165, 1.54) is 23.3 Å². The highest BCUT2D eigenvalue weighted by Crippen LogP contribution is 2.50. The maximum atomic E-state index is 13.4. The Morgan fingerprint density at radius 3 is 2.15 bits per heavy atom. The largest absolute Gasteiger partial charge is 0.478 e. The van der Waals surface area contributed by atoms with Crippen LogP contribution in [0.3, 0.4) is 0 Å². The summed E-state index contributed by atoms with van der Waals surface area (Å²) in [5, 5.41) is 12.6. The lowest BCUT2D eigenvalue weighted by atomic mass is 9.62. The highest BCUT2D eigenvalue weighted by atomic mass is 19.1. The molecule has 0 spiro atoms. The van der Waals surface area contributed by atoms with Crippen LogP contribution in [0.15, 0.2) is 83.9 Å². The number of aromatic carboxylic acids is 1. The van der Waals surface area contributed by atoms with Crippen molar-refractivity contribution in [1.29, 1.82) is 0 Å². The minimum Gasteiger partial charge on any atom is -0.478 e. The van der Waals surface area contributed by atoms with Crippen molar-refractivity contribution in [3.63, 3.8) is 0 Å². The van der Waals surface area contributed by atoms with Crippen LogP contribution in [-0.2, 0) is 22.0 Å². The normalized spacial score (nSPS) is 16.0. The number of halogens is 1. The highest BCUT2D eigenvalue weighted by Gasteiger charge is 2.39. The number of amides is 1. The van der Waals surface area contributed by atoms with Crippen molar-refractivity contribution in [2.75, 3.05) is 16.8 Å².